The second kappa shape index (κ2) is 4.20. The summed E-state index contributed by atoms with van der Waals surface area (Å²) in [6.07, 6.45) is 7.00. The van der Waals surface area contributed by atoms with Crippen LogP contribution in [0.1, 0.15) is 39.0 Å². The lowest BCUT2D eigenvalue weighted by Gasteiger charge is -2.33. The lowest BCUT2D eigenvalue weighted by atomic mass is 9.84. The standard InChI is InChI=1S/C8H17N.ClH/c1-8(9-2)6-4-3-5-7-8;/h9H,3-7H2,1-2H3;1H. The molecule has 0 saturated heterocycles. The Hall–Kier alpha value is 0.250. The SMILES string of the molecule is CNC1(C)CCCCC1.Cl. The van der Waals surface area contributed by atoms with Crippen LogP contribution in [0.4, 0.5) is 0 Å². The third-order valence-corrected chi connectivity index (χ3v) is 2.56. The summed E-state index contributed by atoms with van der Waals surface area (Å²) in [4.78, 5) is 0. The summed E-state index contributed by atoms with van der Waals surface area (Å²) < 4.78 is 0. The second-order valence-electron chi connectivity index (χ2n) is 3.37. The predicted molar refractivity (Wildman–Crippen MR) is 47.8 cm³/mol. The van der Waals surface area contributed by atoms with Gasteiger partial charge in [0.2, 0.25) is 0 Å². The number of halogens is 1. The van der Waals surface area contributed by atoms with Crippen molar-refractivity contribution in [1.29, 1.82) is 0 Å². The summed E-state index contributed by atoms with van der Waals surface area (Å²) in [6, 6.07) is 0. The molecule has 1 aliphatic rings. The van der Waals surface area contributed by atoms with Crippen LogP contribution in [0.2, 0.25) is 0 Å². The molecule has 0 radical (unpaired) electrons. The van der Waals surface area contributed by atoms with Crippen molar-refractivity contribution in [3.8, 4) is 0 Å². The van der Waals surface area contributed by atoms with Crippen molar-refractivity contribution in [3.05, 3.63) is 0 Å². The van der Waals surface area contributed by atoms with E-state index in [1.165, 1.54) is 32.1 Å². The van der Waals surface area contributed by atoms with Crippen molar-refractivity contribution in [2.75, 3.05) is 7.05 Å². The molecule has 0 spiro atoms. The maximum atomic E-state index is 3.38. The highest BCUT2D eigenvalue weighted by atomic mass is 35.5. The van der Waals surface area contributed by atoms with Crippen LogP contribution in [0, 0.1) is 0 Å². The zero-order valence-corrected chi connectivity index (χ0v) is 7.76. The average Bonchev–Trinajstić information content (AvgIpc) is 1.90. The molecule has 0 aromatic carbocycles. The summed E-state index contributed by atoms with van der Waals surface area (Å²) in [7, 11) is 2.07. The highest BCUT2D eigenvalue weighted by Crippen LogP contribution is 2.26. The third kappa shape index (κ3) is 2.47. The molecule has 0 heterocycles. The first-order chi connectivity index (χ1) is 4.27. The van der Waals surface area contributed by atoms with E-state index < -0.39 is 0 Å². The number of nitrogens with one attached hydrogen (secondary N) is 1. The van der Waals surface area contributed by atoms with E-state index in [9.17, 15) is 0 Å². The van der Waals surface area contributed by atoms with Crippen LogP contribution < -0.4 is 5.32 Å². The highest BCUT2D eigenvalue weighted by Gasteiger charge is 2.23. The molecule has 1 fully saturated rings. The lowest BCUT2D eigenvalue weighted by Crippen LogP contribution is -2.41. The van der Waals surface area contributed by atoms with Crippen LogP contribution in [0.15, 0.2) is 0 Å². The fraction of sp³-hybridized carbons (Fsp3) is 1.00. The molecule has 62 valence electrons. The van der Waals surface area contributed by atoms with Gasteiger partial charge in [-0.2, -0.15) is 0 Å². The van der Waals surface area contributed by atoms with Crippen molar-refractivity contribution in [1.82, 2.24) is 5.32 Å². The van der Waals surface area contributed by atoms with Gasteiger partial charge >= 0.3 is 0 Å². The van der Waals surface area contributed by atoms with E-state index in [4.69, 9.17) is 0 Å². The third-order valence-electron chi connectivity index (χ3n) is 2.56. The van der Waals surface area contributed by atoms with Crippen LogP contribution in [0.3, 0.4) is 0 Å². The van der Waals surface area contributed by atoms with E-state index in [0.29, 0.717) is 5.54 Å². The van der Waals surface area contributed by atoms with E-state index in [1.54, 1.807) is 0 Å². The number of hydrogen-bond donors (Lipinski definition) is 1. The molecule has 2 heteroatoms. The van der Waals surface area contributed by atoms with Gasteiger partial charge in [0, 0.05) is 5.54 Å². The van der Waals surface area contributed by atoms with Crippen LogP contribution in [0.25, 0.3) is 0 Å². The molecule has 0 bridgehead atoms. The molecule has 0 aromatic rings. The maximum Gasteiger partial charge on any atom is 0.0150 e. The zero-order valence-electron chi connectivity index (χ0n) is 6.94. The van der Waals surface area contributed by atoms with E-state index in [0.717, 1.165) is 0 Å². The van der Waals surface area contributed by atoms with Gasteiger partial charge in [-0.25, -0.2) is 0 Å². The average molecular weight is 164 g/mol. The summed E-state index contributed by atoms with van der Waals surface area (Å²) in [5.74, 6) is 0. The Kier molecular flexibility index (Phi) is 4.30. The van der Waals surface area contributed by atoms with Gasteiger partial charge in [0.15, 0.2) is 0 Å². The zero-order chi connectivity index (χ0) is 6.74. The maximum absolute atomic E-state index is 3.38. The molecule has 0 aliphatic heterocycles. The number of rotatable bonds is 1. The van der Waals surface area contributed by atoms with Gasteiger partial charge in [-0.3, -0.25) is 0 Å². The van der Waals surface area contributed by atoms with Gasteiger partial charge in [-0.1, -0.05) is 19.3 Å². The van der Waals surface area contributed by atoms with Crippen molar-refractivity contribution < 1.29 is 0 Å². The van der Waals surface area contributed by atoms with Gasteiger partial charge in [0.25, 0.3) is 0 Å². The quantitative estimate of drug-likeness (QED) is 0.626. The summed E-state index contributed by atoms with van der Waals surface area (Å²) in [6.45, 7) is 2.33. The Bertz CT molecular complexity index is 87.3. The Morgan fingerprint density at radius 3 is 1.90 bits per heavy atom. The molecule has 1 nitrogen and oxygen atoms in total. The Morgan fingerprint density at radius 1 is 1.10 bits per heavy atom. The molecular weight excluding hydrogens is 146 g/mol. The van der Waals surface area contributed by atoms with Gasteiger partial charge < -0.3 is 5.32 Å². The minimum Gasteiger partial charge on any atom is -0.315 e. The molecule has 0 atom stereocenters. The largest absolute Gasteiger partial charge is 0.315 e. The molecule has 1 aliphatic carbocycles. The normalized spacial score (nSPS) is 23.4. The van der Waals surface area contributed by atoms with Crippen LogP contribution in [-0.2, 0) is 0 Å². The topological polar surface area (TPSA) is 12.0 Å². The van der Waals surface area contributed by atoms with E-state index in [-0.39, 0.29) is 12.4 Å². The van der Waals surface area contributed by atoms with Crippen molar-refractivity contribution in [3.63, 3.8) is 0 Å². The smallest absolute Gasteiger partial charge is 0.0150 e. The molecule has 1 rings (SSSR count). The van der Waals surface area contributed by atoms with E-state index in [1.807, 2.05) is 0 Å². The van der Waals surface area contributed by atoms with Gasteiger partial charge in [-0.15, -0.1) is 12.4 Å². The van der Waals surface area contributed by atoms with Crippen LogP contribution >= 0.6 is 12.4 Å². The minimum atomic E-state index is 0. The van der Waals surface area contributed by atoms with Crippen molar-refractivity contribution >= 4 is 12.4 Å². The van der Waals surface area contributed by atoms with Crippen molar-refractivity contribution in [2.24, 2.45) is 0 Å². The Labute approximate surface area is 70.0 Å². The molecule has 0 amide bonds. The highest BCUT2D eigenvalue weighted by molar-refractivity contribution is 5.85. The predicted octanol–water partition coefficient (Wildman–Crippen LogP) is 2.35. The number of hydrogen-bond acceptors (Lipinski definition) is 1. The molecular formula is C8H18ClN. The first kappa shape index (κ1) is 10.2. The van der Waals surface area contributed by atoms with Crippen molar-refractivity contribution in [2.45, 2.75) is 44.6 Å². The fourth-order valence-electron chi connectivity index (χ4n) is 1.58. The minimum absolute atomic E-state index is 0. The van der Waals surface area contributed by atoms with E-state index in [2.05, 4.69) is 19.3 Å². The van der Waals surface area contributed by atoms with E-state index >= 15 is 0 Å². The molecule has 0 aromatic heterocycles. The molecule has 0 unspecified atom stereocenters. The van der Waals surface area contributed by atoms with Gasteiger partial charge in [-0.05, 0) is 26.8 Å². The van der Waals surface area contributed by atoms with Gasteiger partial charge in [0.05, 0.1) is 0 Å². The summed E-state index contributed by atoms with van der Waals surface area (Å²) in [5, 5.41) is 3.38. The molecule has 1 saturated carbocycles. The monoisotopic (exact) mass is 163 g/mol. The summed E-state index contributed by atoms with van der Waals surface area (Å²) in [5.41, 5.74) is 0.470. The van der Waals surface area contributed by atoms with Crippen LogP contribution in [-0.4, -0.2) is 12.6 Å². The Balaban J connectivity index is 0.000000810. The lowest BCUT2D eigenvalue weighted by molar-refractivity contribution is 0.271. The van der Waals surface area contributed by atoms with Crippen LogP contribution in [0.5, 0.6) is 0 Å². The molecule has 10 heavy (non-hydrogen) atoms. The molecule has 1 N–H and O–H groups in total. The fourth-order valence-corrected chi connectivity index (χ4v) is 1.58. The second-order valence-corrected chi connectivity index (χ2v) is 3.37. The Morgan fingerprint density at radius 2 is 1.60 bits per heavy atom. The first-order valence-corrected chi connectivity index (χ1v) is 3.96. The summed E-state index contributed by atoms with van der Waals surface area (Å²) >= 11 is 0. The first-order valence-electron chi connectivity index (χ1n) is 3.96. The van der Waals surface area contributed by atoms with Gasteiger partial charge in [0.1, 0.15) is 0 Å².